The third kappa shape index (κ3) is 1.68. The van der Waals surface area contributed by atoms with Crippen molar-refractivity contribution in [3.05, 3.63) is 41.1 Å². The Labute approximate surface area is 102 Å². The van der Waals surface area contributed by atoms with Crippen LogP contribution in [0.3, 0.4) is 0 Å². The predicted octanol–water partition coefficient (Wildman–Crippen LogP) is 2.75. The quantitative estimate of drug-likeness (QED) is 0.813. The van der Waals surface area contributed by atoms with Crippen LogP contribution in [-0.2, 0) is 0 Å². The van der Waals surface area contributed by atoms with Crippen molar-refractivity contribution < 1.29 is 5.21 Å². The average molecular weight is 235 g/mol. The van der Waals surface area contributed by atoms with Gasteiger partial charge in [-0.1, -0.05) is 30.3 Å². The van der Waals surface area contributed by atoms with Crippen LogP contribution in [0, 0.1) is 5.21 Å². The molecule has 0 aliphatic carbocycles. The molecule has 1 saturated heterocycles. The summed E-state index contributed by atoms with van der Waals surface area (Å²) in [5.41, 5.74) is -0.603. The summed E-state index contributed by atoms with van der Waals surface area (Å²) in [4.78, 5) is 0. The van der Waals surface area contributed by atoms with Crippen molar-refractivity contribution in [1.82, 2.24) is 10.1 Å². The highest BCUT2D eigenvalue weighted by molar-refractivity contribution is 5.26. The molecule has 4 heteroatoms. The highest BCUT2D eigenvalue weighted by Crippen LogP contribution is 2.48. The Balaban J connectivity index is 2.48. The molecule has 0 spiro atoms. The van der Waals surface area contributed by atoms with Gasteiger partial charge in [0.2, 0.25) is 0 Å². The lowest BCUT2D eigenvalue weighted by atomic mass is 9.90. The van der Waals surface area contributed by atoms with Crippen LogP contribution in [-0.4, -0.2) is 26.5 Å². The lowest BCUT2D eigenvalue weighted by molar-refractivity contribution is -0.206. The molecule has 0 aromatic heterocycles. The summed E-state index contributed by atoms with van der Waals surface area (Å²) in [6, 6.07) is 9.21. The van der Waals surface area contributed by atoms with Gasteiger partial charge in [0.05, 0.1) is 11.2 Å². The highest BCUT2D eigenvalue weighted by Gasteiger charge is 2.53. The minimum atomic E-state index is -0.913. The Kier molecular flexibility index (Phi) is 2.78. The molecule has 1 unspecified atom stereocenters. The van der Waals surface area contributed by atoms with E-state index in [9.17, 15) is 10.4 Å². The van der Waals surface area contributed by atoms with Crippen molar-refractivity contribution in [1.29, 1.82) is 0 Å². The van der Waals surface area contributed by atoms with Gasteiger partial charge in [-0.2, -0.15) is 5.06 Å². The summed E-state index contributed by atoms with van der Waals surface area (Å²) in [6.07, 6.45) is 0. The zero-order chi connectivity index (χ0) is 12.8. The summed E-state index contributed by atoms with van der Waals surface area (Å²) >= 11 is 0. The molecule has 1 aromatic rings. The molecule has 17 heavy (non-hydrogen) atoms. The van der Waals surface area contributed by atoms with Gasteiger partial charge in [-0.3, -0.25) is 0 Å². The van der Waals surface area contributed by atoms with E-state index in [0.717, 1.165) is 15.7 Å². The molecule has 1 fully saturated rings. The van der Waals surface area contributed by atoms with Gasteiger partial charge in [-0.25, -0.2) is 0 Å². The van der Waals surface area contributed by atoms with Crippen LogP contribution in [0.25, 0.3) is 0 Å². The lowest BCUT2D eigenvalue weighted by Gasteiger charge is -2.42. The van der Waals surface area contributed by atoms with E-state index in [1.807, 2.05) is 44.2 Å². The number of hydrogen-bond acceptors (Lipinski definition) is 4. The van der Waals surface area contributed by atoms with Crippen LogP contribution in [0.2, 0.25) is 0 Å². The Morgan fingerprint density at radius 3 is 2.06 bits per heavy atom. The van der Waals surface area contributed by atoms with Gasteiger partial charge >= 0.3 is 0 Å². The molecule has 1 aliphatic heterocycles. The van der Waals surface area contributed by atoms with Crippen LogP contribution in [0.5, 0.6) is 0 Å². The molecular weight excluding hydrogens is 216 g/mol. The van der Waals surface area contributed by atoms with Crippen LogP contribution in [0.4, 0.5) is 0 Å². The molecule has 1 atom stereocenters. The fourth-order valence-corrected chi connectivity index (χ4v) is 2.70. The minimum Gasteiger partial charge on any atom is -0.783 e. The Morgan fingerprint density at radius 1 is 1.12 bits per heavy atom. The normalized spacial score (nSPS) is 28.5. The molecule has 1 heterocycles. The molecule has 94 valence electrons. The Bertz CT molecular complexity index is 403. The van der Waals surface area contributed by atoms with Crippen molar-refractivity contribution in [2.24, 2.45) is 0 Å². The molecule has 0 radical (unpaired) electrons. The van der Waals surface area contributed by atoms with Crippen molar-refractivity contribution >= 4 is 0 Å². The zero-order valence-electron chi connectivity index (χ0n) is 10.7. The second-order valence-electron chi connectivity index (χ2n) is 5.60. The molecule has 1 aliphatic rings. The van der Waals surface area contributed by atoms with Gasteiger partial charge in [0, 0.05) is 6.04 Å². The summed E-state index contributed by atoms with van der Waals surface area (Å²) in [7, 11) is 0. The summed E-state index contributed by atoms with van der Waals surface area (Å²) in [6.45, 7) is 7.21. The van der Waals surface area contributed by atoms with E-state index in [2.05, 4.69) is 0 Å². The lowest BCUT2D eigenvalue weighted by Crippen LogP contribution is -2.48. The molecule has 0 saturated carbocycles. The van der Waals surface area contributed by atoms with Crippen LogP contribution in [0.15, 0.2) is 30.3 Å². The van der Waals surface area contributed by atoms with Crippen LogP contribution < -0.4 is 0 Å². The van der Waals surface area contributed by atoms with E-state index in [1.165, 1.54) is 0 Å². The monoisotopic (exact) mass is 235 g/mol. The van der Waals surface area contributed by atoms with Crippen LogP contribution in [0.1, 0.15) is 39.3 Å². The van der Waals surface area contributed by atoms with Gasteiger partial charge in [0.15, 0.2) is 0 Å². The minimum absolute atomic E-state index is 0.372. The molecule has 0 bridgehead atoms. The van der Waals surface area contributed by atoms with E-state index in [4.69, 9.17) is 0 Å². The third-order valence-electron chi connectivity index (χ3n) is 3.62. The second kappa shape index (κ2) is 3.78. The summed E-state index contributed by atoms with van der Waals surface area (Å²) in [5.74, 6) is 0. The maximum absolute atomic E-state index is 12.4. The number of nitrogens with zero attached hydrogens (tertiary/aromatic N) is 2. The van der Waals surface area contributed by atoms with E-state index in [0.29, 0.717) is 0 Å². The zero-order valence-corrected chi connectivity index (χ0v) is 10.7. The number of hydroxylamine groups is 4. The Morgan fingerprint density at radius 2 is 1.65 bits per heavy atom. The first-order valence-corrected chi connectivity index (χ1v) is 5.80. The van der Waals surface area contributed by atoms with Gasteiger partial charge in [0.25, 0.3) is 0 Å². The van der Waals surface area contributed by atoms with E-state index in [1.54, 1.807) is 13.8 Å². The van der Waals surface area contributed by atoms with Crippen molar-refractivity contribution in [3.8, 4) is 0 Å². The topological polar surface area (TPSA) is 49.8 Å². The SMILES string of the molecule is CC1(C)C(c2ccccc2)N([O-])C(C)(C)N1O. The second-order valence-corrected chi connectivity index (χ2v) is 5.60. The molecule has 1 N–H and O–H groups in total. The largest absolute Gasteiger partial charge is 0.783 e. The summed E-state index contributed by atoms with van der Waals surface area (Å²) in [5, 5.41) is 24.7. The predicted molar refractivity (Wildman–Crippen MR) is 66.2 cm³/mol. The average Bonchev–Trinajstić information content (AvgIpc) is 2.39. The molecule has 0 amide bonds. The molecular formula is C13H19N2O2-. The Hall–Kier alpha value is -0.940. The van der Waals surface area contributed by atoms with Gasteiger partial charge in [-0.05, 0) is 33.3 Å². The van der Waals surface area contributed by atoms with Gasteiger partial charge in [0.1, 0.15) is 0 Å². The molecule has 4 nitrogen and oxygen atoms in total. The first kappa shape index (κ1) is 12.5. The fraction of sp³-hybridized carbons (Fsp3) is 0.538. The fourth-order valence-electron chi connectivity index (χ4n) is 2.70. The maximum atomic E-state index is 12.4. The van der Waals surface area contributed by atoms with Crippen molar-refractivity contribution in [3.63, 3.8) is 0 Å². The highest BCUT2D eigenvalue weighted by atomic mass is 16.6. The maximum Gasteiger partial charge on any atom is 0.0817 e. The van der Waals surface area contributed by atoms with Crippen molar-refractivity contribution in [2.45, 2.75) is 44.9 Å². The first-order valence-electron chi connectivity index (χ1n) is 5.80. The standard InChI is InChI=1S/C13H19N2O2/c1-12(2)11(10-8-6-5-7-9-10)14(16)13(3,4)15(12)17/h5-9,11,17H,1-4H3/q-1. The smallest absolute Gasteiger partial charge is 0.0817 e. The number of rotatable bonds is 1. The van der Waals surface area contributed by atoms with Gasteiger partial charge in [-0.15, -0.1) is 0 Å². The molecule has 1 aromatic carbocycles. The van der Waals surface area contributed by atoms with Gasteiger partial charge < -0.3 is 15.5 Å². The van der Waals surface area contributed by atoms with E-state index in [-0.39, 0.29) is 6.04 Å². The van der Waals surface area contributed by atoms with Crippen molar-refractivity contribution in [2.75, 3.05) is 0 Å². The van der Waals surface area contributed by atoms with E-state index < -0.39 is 11.2 Å². The summed E-state index contributed by atoms with van der Waals surface area (Å²) < 4.78 is 0. The third-order valence-corrected chi connectivity index (χ3v) is 3.62. The first-order chi connectivity index (χ1) is 7.79. The van der Waals surface area contributed by atoms with E-state index >= 15 is 0 Å². The number of hydrogen-bond donors (Lipinski definition) is 1. The number of benzene rings is 1. The van der Waals surface area contributed by atoms with Crippen LogP contribution >= 0.6 is 0 Å². The molecule has 2 rings (SSSR count).